The first kappa shape index (κ1) is 16.4. The molecular weight excluding hydrogens is 262 g/mol. The first-order chi connectivity index (χ1) is 9.81. The highest BCUT2D eigenvalue weighted by molar-refractivity contribution is 4.98. The fourth-order valence-corrected chi connectivity index (χ4v) is 3.10. The van der Waals surface area contributed by atoms with Crippen molar-refractivity contribution in [2.45, 2.75) is 59.7 Å². The third kappa shape index (κ3) is 4.04. The smallest absolute Gasteiger partial charge is 0.0967 e. The summed E-state index contributed by atoms with van der Waals surface area (Å²) in [6.07, 6.45) is 3.24. The molecule has 1 aromatic rings. The standard InChI is InChI=1S/C16H31N5/c1-7-12(2)14-8-17-15(16(3,4)5)11-21(14)10-13-9-20(6)19-18-13/h9,12,14-15,17H,7-8,10-11H2,1-6H3. The van der Waals surface area contributed by atoms with Crippen molar-refractivity contribution in [2.24, 2.45) is 18.4 Å². The molecule has 2 heterocycles. The highest BCUT2D eigenvalue weighted by Gasteiger charge is 2.35. The summed E-state index contributed by atoms with van der Waals surface area (Å²) in [4.78, 5) is 2.60. The second-order valence-electron chi connectivity index (χ2n) is 7.59. The first-order valence-corrected chi connectivity index (χ1v) is 8.14. The summed E-state index contributed by atoms with van der Waals surface area (Å²) in [5.74, 6) is 0.690. The highest BCUT2D eigenvalue weighted by atomic mass is 15.4. The van der Waals surface area contributed by atoms with Crippen LogP contribution in [0.5, 0.6) is 0 Å². The molecule has 2 rings (SSSR count). The molecule has 1 saturated heterocycles. The van der Waals surface area contributed by atoms with E-state index in [1.165, 1.54) is 6.42 Å². The van der Waals surface area contributed by atoms with Gasteiger partial charge in [-0.2, -0.15) is 0 Å². The van der Waals surface area contributed by atoms with Crippen molar-refractivity contribution in [3.05, 3.63) is 11.9 Å². The van der Waals surface area contributed by atoms with Gasteiger partial charge in [0.15, 0.2) is 0 Å². The summed E-state index contributed by atoms with van der Waals surface area (Å²) < 4.78 is 1.79. The topological polar surface area (TPSA) is 46.0 Å². The van der Waals surface area contributed by atoms with Crippen LogP contribution in [0, 0.1) is 11.3 Å². The van der Waals surface area contributed by atoms with E-state index in [1.54, 1.807) is 4.68 Å². The Morgan fingerprint density at radius 1 is 1.43 bits per heavy atom. The van der Waals surface area contributed by atoms with Crippen molar-refractivity contribution in [2.75, 3.05) is 13.1 Å². The highest BCUT2D eigenvalue weighted by Crippen LogP contribution is 2.27. The van der Waals surface area contributed by atoms with Crippen LogP contribution in [0.15, 0.2) is 6.20 Å². The van der Waals surface area contributed by atoms with Gasteiger partial charge in [-0.25, -0.2) is 0 Å². The van der Waals surface area contributed by atoms with Crippen LogP contribution in [-0.4, -0.2) is 45.1 Å². The van der Waals surface area contributed by atoms with E-state index in [9.17, 15) is 0 Å². The Balaban J connectivity index is 2.12. The van der Waals surface area contributed by atoms with Gasteiger partial charge in [0.2, 0.25) is 0 Å². The molecular formula is C16H31N5. The van der Waals surface area contributed by atoms with Gasteiger partial charge in [0.25, 0.3) is 0 Å². The fraction of sp³-hybridized carbons (Fsp3) is 0.875. The van der Waals surface area contributed by atoms with E-state index >= 15 is 0 Å². The zero-order valence-corrected chi connectivity index (χ0v) is 14.4. The lowest BCUT2D eigenvalue weighted by Crippen LogP contribution is -2.61. The van der Waals surface area contributed by atoms with Crippen LogP contribution >= 0.6 is 0 Å². The Morgan fingerprint density at radius 3 is 2.67 bits per heavy atom. The molecule has 1 aromatic heterocycles. The molecule has 0 saturated carbocycles. The Bertz CT molecular complexity index is 448. The maximum atomic E-state index is 4.27. The van der Waals surface area contributed by atoms with Crippen LogP contribution in [0.2, 0.25) is 0 Å². The number of rotatable bonds is 4. The number of aryl methyl sites for hydroxylation is 1. The maximum absolute atomic E-state index is 4.27. The number of piperazine rings is 1. The molecule has 21 heavy (non-hydrogen) atoms. The predicted molar refractivity (Wildman–Crippen MR) is 85.9 cm³/mol. The van der Waals surface area contributed by atoms with Crippen LogP contribution in [0.4, 0.5) is 0 Å². The van der Waals surface area contributed by atoms with E-state index in [-0.39, 0.29) is 5.41 Å². The lowest BCUT2D eigenvalue weighted by molar-refractivity contribution is 0.0513. The average Bonchev–Trinajstić information content (AvgIpc) is 2.82. The van der Waals surface area contributed by atoms with Crippen molar-refractivity contribution in [1.29, 1.82) is 0 Å². The normalized spacial score (nSPS) is 26.0. The molecule has 0 amide bonds. The van der Waals surface area contributed by atoms with E-state index in [0.717, 1.165) is 25.3 Å². The van der Waals surface area contributed by atoms with Gasteiger partial charge in [-0.15, -0.1) is 5.10 Å². The molecule has 1 aliphatic rings. The first-order valence-electron chi connectivity index (χ1n) is 8.14. The Morgan fingerprint density at radius 2 is 2.14 bits per heavy atom. The van der Waals surface area contributed by atoms with Gasteiger partial charge in [-0.3, -0.25) is 9.58 Å². The minimum absolute atomic E-state index is 0.279. The van der Waals surface area contributed by atoms with Crippen LogP contribution in [0.3, 0.4) is 0 Å². The average molecular weight is 293 g/mol. The Hall–Kier alpha value is -0.940. The molecule has 3 unspecified atom stereocenters. The van der Waals surface area contributed by atoms with Gasteiger partial charge in [0, 0.05) is 45.0 Å². The minimum Gasteiger partial charge on any atom is -0.311 e. The fourth-order valence-electron chi connectivity index (χ4n) is 3.10. The van der Waals surface area contributed by atoms with Gasteiger partial charge in [-0.05, 0) is 11.3 Å². The lowest BCUT2D eigenvalue weighted by Gasteiger charge is -2.46. The lowest BCUT2D eigenvalue weighted by atomic mass is 9.83. The number of hydrogen-bond acceptors (Lipinski definition) is 4. The molecule has 3 atom stereocenters. The maximum Gasteiger partial charge on any atom is 0.0967 e. The van der Waals surface area contributed by atoms with Crippen molar-refractivity contribution in [3.8, 4) is 0 Å². The summed E-state index contributed by atoms with van der Waals surface area (Å²) in [5.41, 5.74) is 1.35. The number of nitrogens with one attached hydrogen (secondary N) is 1. The van der Waals surface area contributed by atoms with Crippen molar-refractivity contribution >= 4 is 0 Å². The minimum atomic E-state index is 0.279. The molecule has 0 radical (unpaired) electrons. The number of hydrogen-bond donors (Lipinski definition) is 1. The zero-order chi connectivity index (χ0) is 15.6. The molecule has 5 nitrogen and oxygen atoms in total. The second-order valence-corrected chi connectivity index (χ2v) is 7.59. The van der Waals surface area contributed by atoms with Gasteiger partial charge >= 0.3 is 0 Å². The summed E-state index contributed by atoms with van der Waals surface area (Å²) >= 11 is 0. The Kier molecular flexibility index (Phi) is 5.04. The molecule has 120 valence electrons. The quantitative estimate of drug-likeness (QED) is 0.923. The van der Waals surface area contributed by atoms with Gasteiger partial charge < -0.3 is 5.32 Å². The molecule has 0 aromatic carbocycles. The monoisotopic (exact) mass is 293 g/mol. The predicted octanol–water partition coefficient (Wildman–Crippen LogP) is 2.05. The number of nitrogens with zero attached hydrogens (tertiary/aromatic N) is 4. The van der Waals surface area contributed by atoms with Crippen molar-refractivity contribution in [3.63, 3.8) is 0 Å². The van der Waals surface area contributed by atoms with E-state index in [0.29, 0.717) is 18.0 Å². The third-order valence-corrected chi connectivity index (χ3v) is 4.82. The second kappa shape index (κ2) is 6.44. The van der Waals surface area contributed by atoms with Crippen LogP contribution in [0.1, 0.15) is 46.7 Å². The Labute approximate surface area is 129 Å². The zero-order valence-electron chi connectivity index (χ0n) is 14.4. The largest absolute Gasteiger partial charge is 0.311 e. The van der Waals surface area contributed by atoms with E-state index < -0.39 is 0 Å². The van der Waals surface area contributed by atoms with Gasteiger partial charge in [0.05, 0.1) is 5.69 Å². The number of aromatic nitrogens is 3. The van der Waals surface area contributed by atoms with Crippen LogP contribution in [0.25, 0.3) is 0 Å². The molecule has 1 N–H and O–H groups in total. The summed E-state index contributed by atoms with van der Waals surface area (Å²) in [6, 6.07) is 1.10. The summed E-state index contributed by atoms with van der Waals surface area (Å²) in [7, 11) is 1.93. The summed E-state index contributed by atoms with van der Waals surface area (Å²) in [6.45, 7) is 14.6. The van der Waals surface area contributed by atoms with Crippen LogP contribution < -0.4 is 5.32 Å². The molecule has 0 bridgehead atoms. The van der Waals surface area contributed by atoms with E-state index in [2.05, 4.69) is 55.1 Å². The SMILES string of the molecule is CCC(C)C1CNC(C(C)(C)C)CN1Cc1cn(C)nn1. The molecule has 5 heteroatoms. The van der Waals surface area contributed by atoms with Gasteiger partial charge in [-0.1, -0.05) is 46.3 Å². The van der Waals surface area contributed by atoms with E-state index in [4.69, 9.17) is 0 Å². The molecule has 0 aliphatic carbocycles. The van der Waals surface area contributed by atoms with E-state index in [1.807, 2.05) is 13.2 Å². The molecule has 1 fully saturated rings. The summed E-state index contributed by atoms with van der Waals surface area (Å²) in [5, 5.41) is 12.1. The molecule has 0 spiro atoms. The third-order valence-electron chi connectivity index (χ3n) is 4.82. The van der Waals surface area contributed by atoms with Crippen LogP contribution in [-0.2, 0) is 13.6 Å². The van der Waals surface area contributed by atoms with Gasteiger partial charge in [0.1, 0.15) is 0 Å². The van der Waals surface area contributed by atoms with Crippen molar-refractivity contribution < 1.29 is 0 Å². The van der Waals surface area contributed by atoms with Crippen molar-refractivity contribution in [1.82, 2.24) is 25.2 Å². The molecule has 1 aliphatic heterocycles.